The Morgan fingerprint density at radius 3 is 2.44 bits per heavy atom. The quantitative estimate of drug-likeness (QED) is 0.516. The molecule has 0 heterocycles. The van der Waals surface area contributed by atoms with Crippen LogP contribution in [0.3, 0.4) is 0 Å². The van der Waals surface area contributed by atoms with E-state index in [1.165, 1.54) is 49.7 Å². The van der Waals surface area contributed by atoms with Crippen molar-refractivity contribution >= 4 is 0 Å². The third kappa shape index (κ3) is 4.35. The van der Waals surface area contributed by atoms with Gasteiger partial charge in [-0.15, -0.1) is 0 Å². The van der Waals surface area contributed by atoms with E-state index in [4.69, 9.17) is 0 Å². The molecule has 0 N–H and O–H groups in total. The van der Waals surface area contributed by atoms with Gasteiger partial charge in [-0.3, -0.25) is 0 Å². The van der Waals surface area contributed by atoms with Gasteiger partial charge in [0.25, 0.3) is 0 Å². The topological polar surface area (TPSA) is 0 Å². The van der Waals surface area contributed by atoms with E-state index in [9.17, 15) is 0 Å². The fraction of sp³-hybridized carbons (Fsp3) is 0.520. The second-order valence-electron chi connectivity index (χ2n) is 7.90. The average molecular weight is 335 g/mol. The van der Waals surface area contributed by atoms with Gasteiger partial charge < -0.3 is 0 Å². The average Bonchev–Trinajstić information content (AvgIpc) is 2.68. The van der Waals surface area contributed by atoms with E-state index in [1.54, 1.807) is 16.7 Å². The van der Waals surface area contributed by atoms with Crippen LogP contribution in [0.2, 0.25) is 0 Å². The molecule has 0 bridgehead atoms. The standard InChI is InChI=1S/C25H34/c1-4-19(3)25-16-10-15-23(24(25)5-2)18-20-11-9-14-22(17-20)21-12-7-6-8-13-21/h9-11,14-17,19,21H,4-8,12-13,18H2,1-3H3. The summed E-state index contributed by atoms with van der Waals surface area (Å²) in [6.07, 6.45) is 10.4. The van der Waals surface area contributed by atoms with Crippen LogP contribution in [-0.4, -0.2) is 0 Å². The summed E-state index contributed by atoms with van der Waals surface area (Å²) in [4.78, 5) is 0. The Hall–Kier alpha value is -1.56. The van der Waals surface area contributed by atoms with Crippen LogP contribution in [0.15, 0.2) is 42.5 Å². The molecule has 2 aromatic rings. The van der Waals surface area contributed by atoms with Crippen LogP contribution in [-0.2, 0) is 12.8 Å². The van der Waals surface area contributed by atoms with E-state index in [2.05, 4.69) is 63.2 Å². The maximum atomic E-state index is 2.49. The van der Waals surface area contributed by atoms with Gasteiger partial charge in [0.1, 0.15) is 0 Å². The number of benzene rings is 2. The lowest BCUT2D eigenvalue weighted by Crippen LogP contribution is -2.06. The highest BCUT2D eigenvalue weighted by Gasteiger charge is 2.16. The van der Waals surface area contributed by atoms with E-state index < -0.39 is 0 Å². The van der Waals surface area contributed by atoms with Gasteiger partial charge >= 0.3 is 0 Å². The second-order valence-corrected chi connectivity index (χ2v) is 7.90. The summed E-state index contributed by atoms with van der Waals surface area (Å²) in [5, 5.41) is 0. The Labute approximate surface area is 154 Å². The molecule has 134 valence electrons. The van der Waals surface area contributed by atoms with Crippen molar-refractivity contribution in [3.05, 3.63) is 70.3 Å². The van der Waals surface area contributed by atoms with E-state index in [0.717, 1.165) is 18.8 Å². The molecule has 0 spiro atoms. The van der Waals surface area contributed by atoms with Crippen LogP contribution >= 0.6 is 0 Å². The highest BCUT2D eigenvalue weighted by Crippen LogP contribution is 2.33. The molecule has 1 saturated carbocycles. The normalized spacial score (nSPS) is 16.8. The largest absolute Gasteiger partial charge is 0.0648 e. The fourth-order valence-corrected chi connectivity index (χ4v) is 4.55. The number of hydrogen-bond donors (Lipinski definition) is 0. The first-order valence-corrected chi connectivity index (χ1v) is 10.4. The molecule has 25 heavy (non-hydrogen) atoms. The van der Waals surface area contributed by atoms with Crippen molar-refractivity contribution in [1.29, 1.82) is 0 Å². The smallest absolute Gasteiger partial charge is 0.00228 e. The van der Waals surface area contributed by atoms with Crippen molar-refractivity contribution in [3.8, 4) is 0 Å². The third-order valence-electron chi connectivity index (χ3n) is 6.23. The zero-order valence-electron chi connectivity index (χ0n) is 16.4. The molecular formula is C25H34. The van der Waals surface area contributed by atoms with Crippen LogP contribution in [0, 0.1) is 0 Å². The van der Waals surface area contributed by atoms with Gasteiger partial charge in [0, 0.05) is 0 Å². The predicted octanol–water partition coefficient (Wildman–Crippen LogP) is 7.40. The number of hydrogen-bond acceptors (Lipinski definition) is 0. The van der Waals surface area contributed by atoms with Gasteiger partial charge in [-0.1, -0.05) is 82.5 Å². The van der Waals surface area contributed by atoms with Crippen molar-refractivity contribution in [1.82, 2.24) is 0 Å². The zero-order valence-corrected chi connectivity index (χ0v) is 16.4. The first kappa shape index (κ1) is 18.2. The Morgan fingerprint density at radius 1 is 0.960 bits per heavy atom. The number of rotatable bonds is 6. The minimum Gasteiger partial charge on any atom is -0.0648 e. The van der Waals surface area contributed by atoms with Gasteiger partial charge in [-0.2, -0.15) is 0 Å². The van der Waals surface area contributed by atoms with Crippen LogP contribution in [0.25, 0.3) is 0 Å². The molecule has 0 radical (unpaired) electrons. The zero-order chi connectivity index (χ0) is 17.6. The molecule has 0 amide bonds. The molecule has 0 saturated heterocycles. The lowest BCUT2D eigenvalue weighted by Gasteiger charge is -2.23. The Balaban J connectivity index is 1.85. The SMILES string of the molecule is CCc1c(Cc2cccc(C3CCCCC3)c2)cccc1C(C)CC. The first-order chi connectivity index (χ1) is 12.2. The van der Waals surface area contributed by atoms with E-state index in [0.29, 0.717) is 5.92 Å². The summed E-state index contributed by atoms with van der Waals surface area (Å²) in [6.45, 7) is 6.97. The van der Waals surface area contributed by atoms with Crippen LogP contribution < -0.4 is 0 Å². The minimum atomic E-state index is 0.656. The molecule has 0 aliphatic heterocycles. The highest BCUT2D eigenvalue weighted by molar-refractivity contribution is 5.41. The monoisotopic (exact) mass is 334 g/mol. The van der Waals surface area contributed by atoms with E-state index in [-0.39, 0.29) is 0 Å². The highest BCUT2D eigenvalue weighted by atomic mass is 14.2. The second kappa shape index (κ2) is 8.70. The molecule has 1 atom stereocenters. The molecule has 1 aliphatic rings. The van der Waals surface area contributed by atoms with E-state index >= 15 is 0 Å². The summed E-state index contributed by atoms with van der Waals surface area (Å²) in [7, 11) is 0. The lowest BCUT2D eigenvalue weighted by atomic mass is 9.83. The summed E-state index contributed by atoms with van der Waals surface area (Å²) in [5.41, 5.74) is 7.74. The molecular weight excluding hydrogens is 300 g/mol. The fourth-order valence-electron chi connectivity index (χ4n) is 4.55. The van der Waals surface area contributed by atoms with Crippen LogP contribution in [0.1, 0.15) is 98.9 Å². The summed E-state index contributed by atoms with van der Waals surface area (Å²) in [6, 6.07) is 16.4. The molecule has 1 fully saturated rings. The molecule has 0 aromatic heterocycles. The molecule has 0 heteroatoms. The van der Waals surface area contributed by atoms with Gasteiger partial charge in [-0.05, 0) is 71.8 Å². The van der Waals surface area contributed by atoms with Crippen molar-refractivity contribution in [3.63, 3.8) is 0 Å². The van der Waals surface area contributed by atoms with Crippen molar-refractivity contribution in [2.45, 2.75) is 84.0 Å². The van der Waals surface area contributed by atoms with Gasteiger partial charge in [-0.25, -0.2) is 0 Å². The maximum Gasteiger partial charge on any atom is -0.00228 e. The van der Waals surface area contributed by atoms with Crippen molar-refractivity contribution in [2.75, 3.05) is 0 Å². The van der Waals surface area contributed by atoms with Crippen molar-refractivity contribution in [2.24, 2.45) is 0 Å². The van der Waals surface area contributed by atoms with Crippen molar-refractivity contribution < 1.29 is 0 Å². The summed E-state index contributed by atoms with van der Waals surface area (Å²) >= 11 is 0. The third-order valence-corrected chi connectivity index (χ3v) is 6.23. The molecule has 1 unspecified atom stereocenters. The Morgan fingerprint density at radius 2 is 1.72 bits per heavy atom. The van der Waals surface area contributed by atoms with Crippen LogP contribution in [0.4, 0.5) is 0 Å². The molecule has 2 aromatic carbocycles. The van der Waals surface area contributed by atoms with Gasteiger partial charge in [0.15, 0.2) is 0 Å². The lowest BCUT2D eigenvalue weighted by molar-refractivity contribution is 0.443. The van der Waals surface area contributed by atoms with Gasteiger partial charge in [0.05, 0.1) is 0 Å². The first-order valence-electron chi connectivity index (χ1n) is 10.4. The summed E-state index contributed by atoms with van der Waals surface area (Å²) in [5.74, 6) is 1.45. The molecule has 1 aliphatic carbocycles. The van der Waals surface area contributed by atoms with Gasteiger partial charge in [0.2, 0.25) is 0 Å². The maximum absolute atomic E-state index is 2.49. The molecule has 3 rings (SSSR count). The molecule has 0 nitrogen and oxygen atoms in total. The Bertz CT molecular complexity index is 676. The van der Waals surface area contributed by atoms with E-state index in [1.807, 2.05) is 0 Å². The summed E-state index contributed by atoms with van der Waals surface area (Å²) < 4.78 is 0. The predicted molar refractivity (Wildman–Crippen MR) is 110 cm³/mol. The minimum absolute atomic E-state index is 0.656. The van der Waals surface area contributed by atoms with Crippen LogP contribution in [0.5, 0.6) is 0 Å². The Kier molecular flexibility index (Phi) is 6.34.